The number of halogens is 1. The first kappa shape index (κ1) is 16.3. The first-order valence-corrected chi connectivity index (χ1v) is 6.75. The fraction of sp³-hybridized carbons (Fsp3) is 0.0667. The van der Waals surface area contributed by atoms with Crippen LogP contribution < -0.4 is 5.32 Å². The highest BCUT2D eigenvalue weighted by atomic mass is 35.5. The molecule has 8 heteroatoms. The van der Waals surface area contributed by atoms with Crippen LogP contribution in [-0.4, -0.2) is 11.0 Å². The summed E-state index contributed by atoms with van der Waals surface area (Å²) in [6.07, 6.45) is -0.833. The number of nitro benzene ring substituents is 1. The summed E-state index contributed by atoms with van der Waals surface area (Å²) < 4.78 is 5.00. The van der Waals surface area contributed by atoms with Crippen LogP contribution in [0.2, 0.25) is 5.02 Å². The average molecular weight is 332 g/mol. The van der Waals surface area contributed by atoms with Gasteiger partial charge in [-0.25, -0.2) is 4.79 Å². The highest BCUT2D eigenvalue weighted by Gasteiger charge is 2.20. The number of rotatable bonds is 4. The smallest absolute Gasteiger partial charge is 0.412 e. The van der Waals surface area contributed by atoms with Gasteiger partial charge in [-0.2, -0.15) is 5.26 Å². The van der Waals surface area contributed by atoms with E-state index in [1.807, 2.05) is 6.07 Å². The number of carbonyl (C=O) groups excluding carboxylic acids is 1. The molecule has 0 saturated heterocycles. The van der Waals surface area contributed by atoms with Crippen molar-refractivity contribution in [3.8, 4) is 6.07 Å². The number of hydrogen-bond donors (Lipinski definition) is 1. The van der Waals surface area contributed by atoms with Gasteiger partial charge in [0.1, 0.15) is 11.6 Å². The van der Waals surface area contributed by atoms with Gasteiger partial charge in [-0.3, -0.25) is 15.4 Å². The molecule has 1 N–H and O–H groups in total. The van der Waals surface area contributed by atoms with Crippen molar-refractivity contribution in [3.05, 3.63) is 68.7 Å². The van der Waals surface area contributed by atoms with Crippen LogP contribution in [-0.2, 0) is 11.3 Å². The standard InChI is InChI=1S/C15H10ClN3O4/c16-14-12(6-11(8-17)7-13(14)19(21)22)18-15(20)23-9-10-4-2-1-3-5-10/h1-7H,9H2,(H,18,20). The van der Waals surface area contributed by atoms with Crippen molar-refractivity contribution < 1.29 is 14.5 Å². The normalized spacial score (nSPS) is 9.74. The quantitative estimate of drug-likeness (QED) is 0.676. The second kappa shape index (κ2) is 7.24. The third kappa shape index (κ3) is 4.18. The Morgan fingerprint density at radius 3 is 2.65 bits per heavy atom. The van der Waals surface area contributed by atoms with Crippen LogP contribution in [0.1, 0.15) is 11.1 Å². The van der Waals surface area contributed by atoms with Gasteiger partial charge in [0.05, 0.1) is 22.2 Å². The van der Waals surface area contributed by atoms with Crippen LogP contribution in [0, 0.1) is 21.4 Å². The third-order valence-electron chi connectivity index (χ3n) is 2.83. The maximum Gasteiger partial charge on any atom is 0.412 e. The molecule has 0 atom stereocenters. The van der Waals surface area contributed by atoms with Gasteiger partial charge in [-0.05, 0) is 11.6 Å². The minimum absolute atomic E-state index is 0.000501. The summed E-state index contributed by atoms with van der Waals surface area (Å²) in [6.45, 7) is 0.0321. The number of amides is 1. The molecule has 2 rings (SSSR count). The van der Waals surface area contributed by atoms with E-state index in [0.717, 1.165) is 11.6 Å². The van der Waals surface area contributed by atoms with E-state index in [1.54, 1.807) is 30.3 Å². The van der Waals surface area contributed by atoms with E-state index < -0.39 is 16.7 Å². The maximum atomic E-state index is 11.8. The molecule has 116 valence electrons. The average Bonchev–Trinajstić information content (AvgIpc) is 2.55. The molecule has 0 aliphatic rings. The summed E-state index contributed by atoms with van der Waals surface area (Å²) in [4.78, 5) is 21.9. The van der Waals surface area contributed by atoms with E-state index in [4.69, 9.17) is 21.6 Å². The van der Waals surface area contributed by atoms with Gasteiger partial charge >= 0.3 is 6.09 Å². The van der Waals surface area contributed by atoms with E-state index in [1.165, 1.54) is 6.07 Å². The summed E-state index contributed by atoms with van der Waals surface area (Å²) in [5, 5.41) is 21.8. The second-order valence-electron chi connectivity index (χ2n) is 4.41. The molecule has 0 bridgehead atoms. The van der Waals surface area contributed by atoms with Crippen LogP contribution in [0.4, 0.5) is 16.2 Å². The van der Waals surface area contributed by atoms with Gasteiger partial charge in [0.2, 0.25) is 0 Å². The fourth-order valence-corrected chi connectivity index (χ4v) is 1.99. The van der Waals surface area contributed by atoms with E-state index in [9.17, 15) is 14.9 Å². The maximum absolute atomic E-state index is 11.8. The number of ether oxygens (including phenoxy) is 1. The summed E-state index contributed by atoms with van der Waals surface area (Å²) in [7, 11) is 0. The van der Waals surface area contributed by atoms with Crippen molar-refractivity contribution in [3.63, 3.8) is 0 Å². The Kier molecular flexibility index (Phi) is 5.12. The molecule has 2 aromatic carbocycles. The van der Waals surface area contributed by atoms with Crippen LogP contribution >= 0.6 is 11.6 Å². The molecule has 23 heavy (non-hydrogen) atoms. The zero-order valence-electron chi connectivity index (χ0n) is 11.7. The highest BCUT2D eigenvalue weighted by Crippen LogP contribution is 2.33. The van der Waals surface area contributed by atoms with E-state index >= 15 is 0 Å². The highest BCUT2D eigenvalue weighted by molar-refractivity contribution is 6.35. The summed E-state index contributed by atoms with van der Waals surface area (Å²) >= 11 is 5.87. The number of hydrogen-bond acceptors (Lipinski definition) is 5. The van der Waals surface area contributed by atoms with Crippen molar-refractivity contribution in [2.45, 2.75) is 6.61 Å². The lowest BCUT2D eigenvalue weighted by molar-refractivity contribution is -0.384. The number of nitrogens with zero attached hydrogens (tertiary/aromatic N) is 2. The molecule has 0 radical (unpaired) electrons. The second-order valence-corrected chi connectivity index (χ2v) is 4.79. The molecule has 0 aromatic heterocycles. The zero-order valence-corrected chi connectivity index (χ0v) is 12.4. The van der Waals surface area contributed by atoms with Crippen molar-refractivity contribution in [2.75, 3.05) is 5.32 Å². The Morgan fingerprint density at radius 1 is 1.35 bits per heavy atom. The lowest BCUT2D eigenvalue weighted by Gasteiger charge is -2.09. The lowest BCUT2D eigenvalue weighted by Crippen LogP contribution is -2.14. The summed E-state index contributed by atoms with van der Waals surface area (Å²) in [5.74, 6) is 0. The molecule has 0 fully saturated rings. The van der Waals surface area contributed by atoms with Gasteiger partial charge < -0.3 is 4.74 Å². The number of anilines is 1. The van der Waals surface area contributed by atoms with Gasteiger partial charge in [-0.1, -0.05) is 41.9 Å². The first-order valence-electron chi connectivity index (χ1n) is 6.37. The molecular formula is C15H10ClN3O4. The molecule has 1 amide bonds. The Labute approximate surface area is 136 Å². The fourth-order valence-electron chi connectivity index (χ4n) is 1.77. The SMILES string of the molecule is N#Cc1cc(NC(=O)OCc2ccccc2)c(Cl)c([N+](=O)[O-])c1. The Hall–Kier alpha value is -3.11. The van der Waals surface area contributed by atoms with Crippen molar-refractivity contribution in [1.29, 1.82) is 5.26 Å². The number of carbonyl (C=O) groups is 1. The van der Waals surface area contributed by atoms with Gasteiger partial charge in [0.25, 0.3) is 5.69 Å². The molecule has 0 saturated carbocycles. The van der Waals surface area contributed by atoms with Crippen molar-refractivity contribution in [2.24, 2.45) is 0 Å². The largest absolute Gasteiger partial charge is 0.444 e. The van der Waals surface area contributed by atoms with Crippen molar-refractivity contribution >= 4 is 29.1 Å². The molecule has 0 aliphatic carbocycles. The first-order chi connectivity index (χ1) is 11.0. The zero-order chi connectivity index (χ0) is 16.8. The van der Waals surface area contributed by atoms with Crippen LogP contribution in [0.25, 0.3) is 0 Å². The Balaban J connectivity index is 2.13. The summed E-state index contributed by atoms with van der Waals surface area (Å²) in [6, 6.07) is 13.0. The number of nitriles is 1. The molecule has 7 nitrogen and oxygen atoms in total. The third-order valence-corrected chi connectivity index (χ3v) is 3.23. The minimum atomic E-state index is -0.833. The molecule has 0 spiro atoms. The Morgan fingerprint density at radius 2 is 2.04 bits per heavy atom. The topological polar surface area (TPSA) is 105 Å². The predicted octanol–water partition coefficient (Wildman–Crippen LogP) is 3.87. The molecule has 0 unspecified atom stereocenters. The monoisotopic (exact) mass is 331 g/mol. The lowest BCUT2D eigenvalue weighted by atomic mass is 10.2. The summed E-state index contributed by atoms with van der Waals surface area (Å²) in [5.41, 5.74) is 0.254. The van der Waals surface area contributed by atoms with E-state index in [0.29, 0.717) is 0 Å². The van der Waals surface area contributed by atoms with Crippen LogP contribution in [0.5, 0.6) is 0 Å². The van der Waals surface area contributed by atoms with Gasteiger partial charge in [0, 0.05) is 6.07 Å². The predicted molar refractivity (Wildman–Crippen MR) is 83.1 cm³/mol. The molecule has 0 heterocycles. The Bertz CT molecular complexity index is 787. The van der Waals surface area contributed by atoms with Crippen molar-refractivity contribution in [1.82, 2.24) is 0 Å². The minimum Gasteiger partial charge on any atom is -0.444 e. The molecule has 2 aromatic rings. The van der Waals surface area contributed by atoms with Crippen LogP contribution in [0.15, 0.2) is 42.5 Å². The number of benzene rings is 2. The van der Waals surface area contributed by atoms with Gasteiger partial charge in [0.15, 0.2) is 0 Å². The van der Waals surface area contributed by atoms with Gasteiger partial charge in [-0.15, -0.1) is 0 Å². The number of nitrogens with one attached hydrogen (secondary N) is 1. The van der Waals surface area contributed by atoms with Crippen LogP contribution in [0.3, 0.4) is 0 Å². The van der Waals surface area contributed by atoms with E-state index in [2.05, 4.69) is 5.32 Å². The molecular weight excluding hydrogens is 322 g/mol. The number of nitro groups is 1. The van der Waals surface area contributed by atoms with E-state index in [-0.39, 0.29) is 22.9 Å². The molecule has 0 aliphatic heterocycles.